The molecule has 1 aromatic carbocycles. The second-order valence-electron chi connectivity index (χ2n) is 7.60. The number of amides is 1. The minimum Gasteiger partial charge on any atom is -0.379 e. The number of carbonyl (C=O) groups is 1. The summed E-state index contributed by atoms with van der Waals surface area (Å²) >= 11 is 0. The van der Waals surface area contributed by atoms with Crippen LogP contribution in [0.2, 0.25) is 0 Å². The minimum atomic E-state index is -0.121. The fourth-order valence-corrected chi connectivity index (χ4v) is 4.25. The minimum absolute atomic E-state index is 0.121. The third kappa shape index (κ3) is 4.76. The number of carbonyl (C=O) groups excluding carboxylic acids is 1. The number of nitrogens with zero attached hydrogens (tertiary/aromatic N) is 1. The van der Waals surface area contributed by atoms with E-state index in [-0.39, 0.29) is 5.91 Å². The number of ether oxygens (including phenoxy) is 1. The summed E-state index contributed by atoms with van der Waals surface area (Å²) in [5, 5.41) is 10.3. The molecule has 6 heteroatoms. The molecule has 1 amide bonds. The average Bonchev–Trinajstić information content (AvgIpc) is 3.23. The standard InChI is InChI=1S/C22H28N4O2/c27-22(17-8-10-23-11-9-17)26-18-6-4-16(5-7-18)14-25-20-3-1-2-19(20)21-15-28-13-12-24-21/h4-11,19-21,24-25H,1-3,12-15H2,(H,26,27). The van der Waals surface area contributed by atoms with Gasteiger partial charge in [0.15, 0.2) is 0 Å². The van der Waals surface area contributed by atoms with E-state index in [0.29, 0.717) is 23.6 Å². The van der Waals surface area contributed by atoms with E-state index in [9.17, 15) is 4.79 Å². The Bertz CT molecular complexity index is 760. The third-order valence-corrected chi connectivity index (χ3v) is 5.76. The Balaban J connectivity index is 1.29. The summed E-state index contributed by atoms with van der Waals surface area (Å²) < 4.78 is 5.65. The lowest BCUT2D eigenvalue weighted by atomic mass is 9.94. The van der Waals surface area contributed by atoms with Crippen LogP contribution in [0.5, 0.6) is 0 Å². The molecular formula is C22H28N4O2. The lowest BCUT2D eigenvalue weighted by molar-refractivity contribution is 0.0524. The van der Waals surface area contributed by atoms with Gasteiger partial charge in [-0.05, 0) is 48.6 Å². The normalized spacial score (nSPS) is 24.8. The first-order chi connectivity index (χ1) is 13.8. The van der Waals surface area contributed by atoms with Crippen LogP contribution in [0.4, 0.5) is 5.69 Å². The molecule has 1 aliphatic carbocycles. The van der Waals surface area contributed by atoms with Gasteiger partial charge in [0.05, 0.1) is 13.2 Å². The number of benzene rings is 1. The Hall–Kier alpha value is -2.28. The van der Waals surface area contributed by atoms with E-state index in [1.165, 1.54) is 24.8 Å². The van der Waals surface area contributed by atoms with Gasteiger partial charge in [-0.2, -0.15) is 0 Å². The number of hydrogen-bond donors (Lipinski definition) is 3. The molecule has 3 atom stereocenters. The van der Waals surface area contributed by atoms with Crippen molar-refractivity contribution in [2.75, 3.05) is 25.1 Å². The van der Waals surface area contributed by atoms with Crippen LogP contribution in [0.1, 0.15) is 35.2 Å². The predicted octanol–water partition coefficient (Wildman–Crippen LogP) is 2.58. The largest absolute Gasteiger partial charge is 0.379 e. The zero-order valence-corrected chi connectivity index (χ0v) is 16.1. The highest BCUT2D eigenvalue weighted by atomic mass is 16.5. The van der Waals surface area contributed by atoms with E-state index in [0.717, 1.165) is 32.0 Å². The molecule has 6 nitrogen and oxygen atoms in total. The molecule has 0 radical (unpaired) electrons. The molecular weight excluding hydrogens is 352 g/mol. The molecule has 28 heavy (non-hydrogen) atoms. The van der Waals surface area contributed by atoms with Gasteiger partial charge in [-0.1, -0.05) is 18.6 Å². The molecule has 2 heterocycles. The summed E-state index contributed by atoms with van der Waals surface area (Å²) in [5.74, 6) is 0.517. The fraction of sp³-hybridized carbons (Fsp3) is 0.455. The second-order valence-corrected chi connectivity index (χ2v) is 7.60. The van der Waals surface area contributed by atoms with Crippen LogP contribution in [0.3, 0.4) is 0 Å². The summed E-state index contributed by atoms with van der Waals surface area (Å²) in [7, 11) is 0. The van der Waals surface area contributed by atoms with Crippen molar-refractivity contribution in [2.45, 2.75) is 37.9 Å². The number of anilines is 1. The molecule has 0 bridgehead atoms. The number of morpholine rings is 1. The number of nitrogens with one attached hydrogen (secondary N) is 3. The topological polar surface area (TPSA) is 75.3 Å². The van der Waals surface area contributed by atoms with E-state index in [2.05, 4.69) is 33.1 Å². The number of aromatic nitrogens is 1. The Morgan fingerprint density at radius 3 is 2.71 bits per heavy atom. The Kier molecular flexibility index (Phi) is 6.31. The molecule has 1 saturated carbocycles. The Morgan fingerprint density at radius 2 is 1.96 bits per heavy atom. The van der Waals surface area contributed by atoms with Crippen LogP contribution >= 0.6 is 0 Å². The highest BCUT2D eigenvalue weighted by molar-refractivity contribution is 6.04. The molecule has 1 saturated heterocycles. The molecule has 1 aliphatic heterocycles. The quantitative estimate of drug-likeness (QED) is 0.718. The van der Waals surface area contributed by atoms with E-state index >= 15 is 0 Å². The average molecular weight is 380 g/mol. The fourth-order valence-electron chi connectivity index (χ4n) is 4.25. The van der Waals surface area contributed by atoms with Gasteiger partial charge in [0.1, 0.15) is 0 Å². The first-order valence-electron chi connectivity index (χ1n) is 10.1. The molecule has 3 N–H and O–H groups in total. The molecule has 2 aliphatic rings. The van der Waals surface area contributed by atoms with Crippen molar-refractivity contribution < 1.29 is 9.53 Å². The number of hydrogen-bond acceptors (Lipinski definition) is 5. The lowest BCUT2D eigenvalue weighted by Gasteiger charge is -2.33. The van der Waals surface area contributed by atoms with Gasteiger partial charge in [-0.3, -0.25) is 9.78 Å². The van der Waals surface area contributed by atoms with Crippen LogP contribution in [-0.4, -0.2) is 42.7 Å². The van der Waals surface area contributed by atoms with Crippen molar-refractivity contribution in [2.24, 2.45) is 5.92 Å². The third-order valence-electron chi connectivity index (χ3n) is 5.76. The molecule has 2 aromatic rings. The maximum absolute atomic E-state index is 12.2. The highest BCUT2D eigenvalue weighted by Crippen LogP contribution is 2.29. The van der Waals surface area contributed by atoms with Gasteiger partial charge < -0.3 is 20.7 Å². The zero-order chi connectivity index (χ0) is 19.2. The van der Waals surface area contributed by atoms with Crippen molar-refractivity contribution >= 4 is 11.6 Å². The van der Waals surface area contributed by atoms with E-state index in [4.69, 9.17) is 4.74 Å². The second kappa shape index (κ2) is 9.28. The van der Waals surface area contributed by atoms with Gasteiger partial charge in [-0.25, -0.2) is 0 Å². The first-order valence-corrected chi connectivity index (χ1v) is 10.1. The van der Waals surface area contributed by atoms with E-state index in [1.54, 1.807) is 24.5 Å². The molecule has 2 fully saturated rings. The van der Waals surface area contributed by atoms with Gasteiger partial charge in [0.2, 0.25) is 0 Å². The Labute approximate surface area is 166 Å². The van der Waals surface area contributed by atoms with Gasteiger partial charge in [0, 0.05) is 48.8 Å². The Morgan fingerprint density at radius 1 is 1.14 bits per heavy atom. The molecule has 4 rings (SSSR count). The smallest absolute Gasteiger partial charge is 0.255 e. The molecule has 1 aromatic heterocycles. The van der Waals surface area contributed by atoms with Crippen LogP contribution in [0.25, 0.3) is 0 Å². The summed E-state index contributed by atoms with van der Waals surface area (Å²) in [4.78, 5) is 16.2. The maximum atomic E-state index is 12.2. The number of rotatable bonds is 6. The molecule has 0 spiro atoms. The summed E-state index contributed by atoms with van der Waals surface area (Å²) in [6, 6.07) is 12.5. The maximum Gasteiger partial charge on any atom is 0.255 e. The van der Waals surface area contributed by atoms with Crippen LogP contribution < -0.4 is 16.0 Å². The SMILES string of the molecule is O=C(Nc1ccc(CNC2CCCC2C2COCCN2)cc1)c1ccncc1. The van der Waals surface area contributed by atoms with Crippen LogP contribution in [0, 0.1) is 5.92 Å². The molecule has 148 valence electrons. The number of pyridine rings is 1. The zero-order valence-electron chi connectivity index (χ0n) is 16.1. The summed E-state index contributed by atoms with van der Waals surface area (Å²) in [6.45, 7) is 3.45. The summed E-state index contributed by atoms with van der Waals surface area (Å²) in [6.07, 6.45) is 7.01. The van der Waals surface area contributed by atoms with Gasteiger partial charge in [0.25, 0.3) is 5.91 Å². The van der Waals surface area contributed by atoms with E-state index in [1.807, 2.05) is 12.1 Å². The van der Waals surface area contributed by atoms with Crippen molar-refractivity contribution in [3.05, 3.63) is 59.9 Å². The molecule has 3 unspecified atom stereocenters. The van der Waals surface area contributed by atoms with Gasteiger partial charge in [-0.15, -0.1) is 0 Å². The van der Waals surface area contributed by atoms with Crippen LogP contribution in [-0.2, 0) is 11.3 Å². The van der Waals surface area contributed by atoms with Gasteiger partial charge >= 0.3 is 0 Å². The van der Waals surface area contributed by atoms with E-state index < -0.39 is 0 Å². The van der Waals surface area contributed by atoms with Crippen molar-refractivity contribution in [3.63, 3.8) is 0 Å². The predicted molar refractivity (Wildman–Crippen MR) is 109 cm³/mol. The lowest BCUT2D eigenvalue weighted by Crippen LogP contribution is -2.50. The van der Waals surface area contributed by atoms with Crippen molar-refractivity contribution in [1.82, 2.24) is 15.6 Å². The van der Waals surface area contributed by atoms with Crippen molar-refractivity contribution in [3.8, 4) is 0 Å². The monoisotopic (exact) mass is 380 g/mol. The van der Waals surface area contributed by atoms with Crippen LogP contribution in [0.15, 0.2) is 48.8 Å². The summed E-state index contributed by atoms with van der Waals surface area (Å²) in [5.41, 5.74) is 2.63. The highest BCUT2D eigenvalue weighted by Gasteiger charge is 2.34. The van der Waals surface area contributed by atoms with Crippen molar-refractivity contribution in [1.29, 1.82) is 0 Å². The first kappa shape index (κ1) is 19.1.